The molecule has 0 saturated carbocycles. The normalized spacial score (nSPS) is 25.4. The summed E-state index contributed by atoms with van der Waals surface area (Å²) in [6, 6.07) is 4.52. The van der Waals surface area contributed by atoms with Crippen molar-refractivity contribution in [3.8, 4) is 0 Å². The van der Waals surface area contributed by atoms with E-state index in [9.17, 15) is 8.42 Å². The number of nitrogens with zero attached hydrogens (tertiary/aromatic N) is 1. The van der Waals surface area contributed by atoms with E-state index in [0.29, 0.717) is 10.7 Å². The molecular weight excluding hydrogens is 284 g/mol. The Hall–Kier alpha value is -0.780. The molecule has 6 heteroatoms. The molecule has 1 aliphatic rings. The number of halogens is 1. The van der Waals surface area contributed by atoms with Gasteiger partial charge in [-0.2, -0.15) is 4.31 Å². The molecule has 2 N–H and O–H groups in total. The highest BCUT2D eigenvalue weighted by Crippen LogP contribution is 2.31. The first-order valence-electron chi connectivity index (χ1n) is 6.42. The maximum Gasteiger partial charge on any atom is 0.243 e. The van der Waals surface area contributed by atoms with Crippen LogP contribution in [0.15, 0.2) is 23.1 Å². The van der Waals surface area contributed by atoms with Crippen molar-refractivity contribution in [1.82, 2.24) is 4.31 Å². The van der Waals surface area contributed by atoms with Crippen LogP contribution >= 0.6 is 11.6 Å². The molecule has 0 aromatic heterocycles. The topological polar surface area (TPSA) is 63.4 Å². The van der Waals surface area contributed by atoms with Crippen molar-refractivity contribution in [2.24, 2.45) is 0 Å². The fourth-order valence-electron chi connectivity index (χ4n) is 2.68. The minimum Gasteiger partial charge on any atom is -0.397 e. The summed E-state index contributed by atoms with van der Waals surface area (Å²) in [5.74, 6) is 0. The van der Waals surface area contributed by atoms with Gasteiger partial charge < -0.3 is 5.73 Å². The zero-order valence-electron chi connectivity index (χ0n) is 11.1. The number of sulfonamides is 1. The lowest BCUT2D eigenvalue weighted by molar-refractivity contribution is 0.204. The van der Waals surface area contributed by atoms with Crippen LogP contribution in [0.5, 0.6) is 0 Å². The fourth-order valence-corrected chi connectivity index (χ4v) is 4.71. The Bertz CT molecular complexity index is 564. The lowest BCUT2D eigenvalue weighted by Gasteiger charge is -2.37. The highest BCUT2D eigenvalue weighted by atomic mass is 35.5. The van der Waals surface area contributed by atoms with Gasteiger partial charge in [0.05, 0.1) is 15.6 Å². The minimum atomic E-state index is -3.50. The van der Waals surface area contributed by atoms with Crippen molar-refractivity contribution in [3.05, 3.63) is 23.2 Å². The van der Waals surface area contributed by atoms with Gasteiger partial charge in [0, 0.05) is 12.1 Å². The van der Waals surface area contributed by atoms with Crippen LogP contribution in [0.4, 0.5) is 5.69 Å². The number of hydrogen-bond donors (Lipinski definition) is 1. The second-order valence-corrected chi connectivity index (χ2v) is 7.40. The van der Waals surface area contributed by atoms with Crippen LogP contribution in [-0.4, -0.2) is 24.8 Å². The van der Waals surface area contributed by atoms with Gasteiger partial charge in [0.1, 0.15) is 0 Å². The van der Waals surface area contributed by atoms with Crippen molar-refractivity contribution in [2.75, 3.05) is 5.73 Å². The molecule has 1 saturated heterocycles. The van der Waals surface area contributed by atoms with Gasteiger partial charge in [-0.15, -0.1) is 0 Å². The molecule has 0 spiro atoms. The molecule has 1 aromatic carbocycles. The number of rotatable bonds is 2. The zero-order valence-corrected chi connectivity index (χ0v) is 12.7. The van der Waals surface area contributed by atoms with Crippen LogP contribution in [0.1, 0.15) is 33.1 Å². The number of anilines is 1. The van der Waals surface area contributed by atoms with Gasteiger partial charge in [-0.05, 0) is 44.9 Å². The quantitative estimate of drug-likeness (QED) is 0.854. The van der Waals surface area contributed by atoms with Gasteiger partial charge in [0.15, 0.2) is 0 Å². The molecule has 0 aliphatic carbocycles. The number of piperidine rings is 1. The molecule has 4 nitrogen and oxygen atoms in total. The van der Waals surface area contributed by atoms with Gasteiger partial charge in [-0.3, -0.25) is 0 Å². The lowest BCUT2D eigenvalue weighted by atomic mass is 10.0. The largest absolute Gasteiger partial charge is 0.397 e. The summed E-state index contributed by atoms with van der Waals surface area (Å²) in [6.45, 7) is 3.90. The second kappa shape index (κ2) is 5.31. The molecular formula is C13H19ClN2O2S. The van der Waals surface area contributed by atoms with Crippen LogP contribution in [0, 0.1) is 0 Å². The Morgan fingerprint density at radius 3 is 2.37 bits per heavy atom. The van der Waals surface area contributed by atoms with E-state index >= 15 is 0 Å². The highest BCUT2D eigenvalue weighted by Gasteiger charge is 2.35. The fraction of sp³-hybridized carbons (Fsp3) is 0.538. The third kappa shape index (κ3) is 2.73. The third-order valence-electron chi connectivity index (χ3n) is 3.66. The van der Waals surface area contributed by atoms with Gasteiger partial charge in [-0.1, -0.05) is 18.0 Å². The summed E-state index contributed by atoms with van der Waals surface area (Å²) in [6.07, 6.45) is 2.86. The van der Waals surface area contributed by atoms with E-state index in [1.165, 1.54) is 18.2 Å². The van der Waals surface area contributed by atoms with Crippen LogP contribution in [0.2, 0.25) is 5.02 Å². The number of nitrogen functional groups attached to an aromatic ring is 1. The monoisotopic (exact) mass is 302 g/mol. The summed E-state index contributed by atoms with van der Waals surface area (Å²) in [5, 5.41) is 0.374. The summed E-state index contributed by atoms with van der Waals surface area (Å²) in [4.78, 5) is 0.218. The van der Waals surface area contributed by atoms with Gasteiger partial charge in [-0.25, -0.2) is 8.42 Å². The molecule has 1 aliphatic heterocycles. The number of nitrogens with two attached hydrogens (primary N) is 1. The Morgan fingerprint density at radius 1 is 1.26 bits per heavy atom. The van der Waals surface area contributed by atoms with Crippen molar-refractivity contribution in [2.45, 2.75) is 50.1 Å². The average Bonchev–Trinajstić information content (AvgIpc) is 2.32. The average molecular weight is 303 g/mol. The molecule has 0 unspecified atom stereocenters. The second-order valence-electron chi connectivity index (χ2n) is 5.15. The maximum absolute atomic E-state index is 12.7. The molecule has 1 aromatic rings. The van der Waals surface area contributed by atoms with Crippen LogP contribution in [-0.2, 0) is 10.0 Å². The first kappa shape index (κ1) is 14.6. The molecule has 1 fully saturated rings. The Morgan fingerprint density at radius 2 is 1.84 bits per heavy atom. The SMILES string of the molecule is C[C@@H]1CCC[C@H](C)N1S(=O)(=O)c1ccc(Cl)c(N)c1. The smallest absolute Gasteiger partial charge is 0.243 e. The van der Waals surface area contributed by atoms with Crippen molar-refractivity contribution < 1.29 is 8.42 Å². The Labute approximate surface area is 119 Å². The summed E-state index contributed by atoms with van der Waals surface area (Å²) in [7, 11) is -3.50. The van der Waals surface area contributed by atoms with Gasteiger partial charge >= 0.3 is 0 Å². The van der Waals surface area contributed by atoms with E-state index in [1.807, 2.05) is 13.8 Å². The van der Waals surface area contributed by atoms with Crippen LogP contribution < -0.4 is 5.73 Å². The summed E-state index contributed by atoms with van der Waals surface area (Å²) < 4.78 is 27.0. The van der Waals surface area contributed by atoms with Gasteiger partial charge in [0.25, 0.3) is 0 Å². The minimum absolute atomic E-state index is 0.0191. The standard InChI is InChI=1S/C13H19ClN2O2S/c1-9-4-3-5-10(2)16(9)19(17,18)11-6-7-12(14)13(15)8-11/h6-10H,3-5,15H2,1-2H3/t9-,10+. The molecule has 0 amide bonds. The number of hydrogen-bond acceptors (Lipinski definition) is 3. The van der Waals surface area contributed by atoms with E-state index in [0.717, 1.165) is 19.3 Å². The predicted molar refractivity (Wildman–Crippen MR) is 77.7 cm³/mol. The molecule has 1 heterocycles. The van der Waals surface area contributed by atoms with E-state index in [2.05, 4.69) is 0 Å². The molecule has 0 bridgehead atoms. The Balaban J connectivity index is 2.43. The lowest BCUT2D eigenvalue weighted by Crippen LogP contribution is -2.47. The van der Waals surface area contributed by atoms with E-state index in [1.54, 1.807) is 4.31 Å². The summed E-state index contributed by atoms with van der Waals surface area (Å²) >= 11 is 5.84. The molecule has 2 atom stereocenters. The molecule has 106 valence electrons. The molecule has 2 rings (SSSR count). The Kier molecular flexibility index (Phi) is 4.08. The first-order valence-corrected chi connectivity index (χ1v) is 8.24. The third-order valence-corrected chi connectivity index (χ3v) is 6.12. The van der Waals surface area contributed by atoms with Crippen molar-refractivity contribution in [3.63, 3.8) is 0 Å². The van der Waals surface area contributed by atoms with Crippen LogP contribution in [0.3, 0.4) is 0 Å². The van der Waals surface area contributed by atoms with E-state index in [-0.39, 0.29) is 17.0 Å². The predicted octanol–water partition coefficient (Wildman–Crippen LogP) is 2.87. The van der Waals surface area contributed by atoms with Crippen molar-refractivity contribution >= 4 is 27.3 Å². The van der Waals surface area contributed by atoms with E-state index < -0.39 is 10.0 Å². The first-order chi connectivity index (χ1) is 8.84. The highest BCUT2D eigenvalue weighted by molar-refractivity contribution is 7.89. The van der Waals surface area contributed by atoms with E-state index in [4.69, 9.17) is 17.3 Å². The molecule has 19 heavy (non-hydrogen) atoms. The van der Waals surface area contributed by atoms with Crippen molar-refractivity contribution in [1.29, 1.82) is 0 Å². The zero-order chi connectivity index (χ0) is 14.2. The molecule has 0 radical (unpaired) electrons. The number of benzene rings is 1. The maximum atomic E-state index is 12.7. The summed E-state index contributed by atoms with van der Waals surface area (Å²) in [5.41, 5.74) is 5.99. The van der Waals surface area contributed by atoms with Gasteiger partial charge in [0.2, 0.25) is 10.0 Å². The van der Waals surface area contributed by atoms with Crippen LogP contribution in [0.25, 0.3) is 0 Å².